The molecule has 4 heteroatoms. The van der Waals surface area contributed by atoms with E-state index in [1.165, 1.54) is 0 Å². The maximum absolute atomic E-state index is 12.3. The van der Waals surface area contributed by atoms with Crippen molar-refractivity contribution in [3.05, 3.63) is 34.9 Å². The molecule has 0 bridgehead atoms. The van der Waals surface area contributed by atoms with Crippen LogP contribution in [0.2, 0.25) is 5.02 Å². The van der Waals surface area contributed by atoms with Gasteiger partial charge in [-0.25, -0.2) is 0 Å². The van der Waals surface area contributed by atoms with Crippen molar-refractivity contribution in [2.24, 2.45) is 0 Å². The number of nitrogens with one attached hydrogen (secondary N) is 1. The van der Waals surface area contributed by atoms with Crippen molar-refractivity contribution in [1.29, 1.82) is 0 Å². The predicted molar refractivity (Wildman–Crippen MR) is 73.8 cm³/mol. The average molecular weight is 267 g/mol. The molecule has 18 heavy (non-hydrogen) atoms. The molecule has 0 aliphatic carbocycles. The van der Waals surface area contributed by atoms with Crippen molar-refractivity contribution in [2.45, 2.75) is 25.8 Å². The van der Waals surface area contributed by atoms with Gasteiger partial charge in [0.1, 0.15) is 0 Å². The predicted octanol–water partition coefficient (Wildman–Crippen LogP) is 2.09. The Hall–Kier alpha value is -1.06. The summed E-state index contributed by atoms with van der Waals surface area (Å²) in [4.78, 5) is 14.3. The van der Waals surface area contributed by atoms with Crippen LogP contribution >= 0.6 is 11.6 Å². The van der Waals surface area contributed by atoms with Crippen LogP contribution in [0.5, 0.6) is 0 Å². The van der Waals surface area contributed by atoms with Crippen molar-refractivity contribution in [3.8, 4) is 0 Å². The molecule has 1 heterocycles. The molecule has 1 aromatic rings. The average Bonchev–Trinajstić information content (AvgIpc) is 2.26. The van der Waals surface area contributed by atoms with Crippen LogP contribution in [0.1, 0.15) is 18.9 Å². The normalized spacial score (nSPS) is 15.2. The topological polar surface area (TPSA) is 32.3 Å². The molecule has 0 radical (unpaired) electrons. The SMILES string of the molecule is CCCN(C(=O)Cc1cccc(Cl)c1)C1CNC1. The minimum absolute atomic E-state index is 0.200. The largest absolute Gasteiger partial charge is 0.337 e. The van der Waals surface area contributed by atoms with Gasteiger partial charge in [0.25, 0.3) is 0 Å². The first kappa shape index (κ1) is 13.4. The smallest absolute Gasteiger partial charge is 0.227 e. The van der Waals surface area contributed by atoms with Gasteiger partial charge in [-0.05, 0) is 24.1 Å². The van der Waals surface area contributed by atoms with Crippen LogP contribution < -0.4 is 5.32 Å². The van der Waals surface area contributed by atoms with E-state index < -0.39 is 0 Å². The van der Waals surface area contributed by atoms with Crippen LogP contribution in [0.3, 0.4) is 0 Å². The fraction of sp³-hybridized carbons (Fsp3) is 0.500. The van der Waals surface area contributed by atoms with E-state index in [4.69, 9.17) is 11.6 Å². The van der Waals surface area contributed by atoms with Gasteiger partial charge in [-0.1, -0.05) is 30.7 Å². The van der Waals surface area contributed by atoms with Crippen molar-refractivity contribution < 1.29 is 4.79 Å². The van der Waals surface area contributed by atoms with E-state index in [1.807, 2.05) is 29.2 Å². The van der Waals surface area contributed by atoms with E-state index in [2.05, 4.69) is 12.2 Å². The maximum Gasteiger partial charge on any atom is 0.227 e. The molecule has 1 aliphatic heterocycles. The number of carbonyl (C=O) groups excluding carboxylic acids is 1. The Balaban J connectivity index is 2.00. The van der Waals surface area contributed by atoms with Gasteiger partial charge in [0.05, 0.1) is 12.5 Å². The van der Waals surface area contributed by atoms with Crippen LogP contribution in [0.4, 0.5) is 0 Å². The fourth-order valence-electron chi connectivity index (χ4n) is 2.17. The summed E-state index contributed by atoms with van der Waals surface area (Å²) in [6.07, 6.45) is 1.44. The second kappa shape index (κ2) is 6.21. The van der Waals surface area contributed by atoms with Gasteiger partial charge < -0.3 is 10.2 Å². The Bertz CT molecular complexity index is 418. The van der Waals surface area contributed by atoms with Crippen LogP contribution in [0.25, 0.3) is 0 Å². The number of carbonyl (C=O) groups is 1. The van der Waals surface area contributed by atoms with E-state index >= 15 is 0 Å². The second-order valence-electron chi connectivity index (χ2n) is 4.71. The highest BCUT2D eigenvalue weighted by Crippen LogP contribution is 2.14. The third-order valence-electron chi connectivity index (χ3n) is 3.23. The quantitative estimate of drug-likeness (QED) is 0.885. The Morgan fingerprint density at radius 2 is 2.28 bits per heavy atom. The first-order valence-corrected chi connectivity index (χ1v) is 6.83. The summed E-state index contributed by atoms with van der Waals surface area (Å²) in [6.45, 7) is 4.78. The van der Waals surface area contributed by atoms with Crippen LogP contribution in [-0.2, 0) is 11.2 Å². The van der Waals surface area contributed by atoms with E-state index in [9.17, 15) is 4.79 Å². The molecule has 0 saturated carbocycles. The monoisotopic (exact) mass is 266 g/mol. The van der Waals surface area contributed by atoms with E-state index in [-0.39, 0.29) is 5.91 Å². The Morgan fingerprint density at radius 1 is 1.50 bits per heavy atom. The number of hydrogen-bond donors (Lipinski definition) is 1. The molecular formula is C14H19ClN2O. The summed E-state index contributed by atoms with van der Waals surface area (Å²) in [6, 6.07) is 7.90. The molecule has 3 nitrogen and oxygen atoms in total. The van der Waals surface area contributed by atoms with Crippen LogP contribution in [-0.4, -0.2) is 36.5 Å². The third-order valence-corrected chi connectivity index (χ3v) is 3.47. The van der Waals surface area contributed by atoms with Crippen molar-refractivity contribution in [3.63, 3.8) is 0 Å². The molecule has 1 saturated heterocycles. The van der Waals surface area contributed by atoms with Crippen molar-refractivity contribution >= 4 is 17.5 Å². The molecule has 0 aromatic heterocycles. The Labute approximate surface area is 113 Å². The summed E-state index contributed by atoms with van der Waals surface area (Å²) >= 11 is 5.94. The van der Waals surface area contributed by atoms with Crippen LogP contribution in [0, 0.1) is 0 Å². The van der Waals surface area contributed by atoms with Gasteiger partial charge in [0, 0.05) is 24.7 Å². The van der Waals surface area contributed by atoms with Gasteiger partial charge >= 0.3 is 0 Å². The lowest BCUT2D eigenvalue weighted by Crippen LogP contribution is -2.59. The Kier molecular flexibility index (Phi) is 4.61. The highest BCUT2D eigenvalue weighted by molar-refractivity contribution is 6.30. The molecule has 1 amide bonds. The van der Waals surface area contributed by atoms with Gasteiger partial charge in [-0.3, -0.25) is 4.79 Å². The number of halogens is 1. The highest BCUT2D eigenvalue weighted by atomic mass is 35.5. The number of nitrogens with zero attached hydrogens (tertiary/aromatic N) is 1. The zero-order valence-electron chi connectivity index (χ0n) is 10.7. The molecule has 1 aromatic carbocycles. The lowest BCUT2D eigenvalue weighted by molar-refractivity contribution is -0.133. The van der Waals surface area contributed by atoms with Gasteiger partial charge in [0.15, 0.2) is 0 Å². The minimum atomic E-state index is 0.200. The molecule has 98 valence electrons. The molecule has 0 spiro atoms. The van der Waals surface area contributed by atoms with Crippen molar-refractivity contribution in [1.82, 2.24) is 10.2 Å². The van der Waals surface area contributed by atoms with Gasteiger partial charge in [-0.15, -0.1) is 0 Å². The zero-order valence-corrected chi connectivity index (χ0v) is 11.4. The third kappa shape index (κ3) is 3.24. The molecular weight excluding hydrogens is 248 g/mol. The Morgan fingerprint density at radius 3 is 2.83 bits per heavy atom. The zero-order chi connectivity index (χ0) is 13.0. The first-order chi connectivity index (χ1) is 8.70. The van der Waals surface area contributed by atoms with E-state index in [1.54, 1.807) is 0 Å². The summed E-state index contributed by atoms with van der Waals surface area (Å²) < 4.78 is 0. The number of rotatable bonds is 5. The summed E-state index contributed by atoms with van der Waals surface area (Å²) in [5.74, 6) is 0.200. The highest BCUT2D eigenvalue weighted by Gasteiger charge is 2.27. The molecule has 1 fully saturated rings. The number of amides is 1. The fourth-order valence-corrected chi connectivity index (χ4v) is 2.38. The summed E-state index contributed by atoms with van der Waals surface area (Å²) in [7, 11) is 0. The van der Waals surface area contributed by atoms with Crippen LogP contribution in [0.15, 0.2) is 24.3 Å². The van der Waals surface area contributed by atoms with E-state index in [0.717, 1.165) is 31.6 Å². The lowest BCUT2D eigenvalue weighted by Gasteiger charge is -2.38. The first-order valence-electron chi connectivity index (χ1n) is 6.45. The number of benzene rings is 1. The second-order valence-corrected chi connectivity index (χ2v) is 5.14. The maximum atomic E-state index is 12.3. The van der Waals surface area contributed by atoms with Gasteiger partial charge in [-0.2, -0.15) is 0 Å². The standard InChI is InChI=1S/C14H19ClN2O/c1-2-6-17(13-9-16-10-13)14(18)8-11-4-3-5-12(15)7-11/h3-5,7,13,16H,2,6,8-10H2,1H3. The molecule has 0 unspecified atom stereocenters. The van der Waals surface area contributed by atoms with E-state index in [0.29, 0.717) is 17.5 Å². The summed E-state index contributed by atoms with van der Waals surface area (Å²) in [5.41, 5.74) is 0.987. The van der Waals surface area contributed by atoms with Gasteiger partial charge in [0.2, 0.25) is 5.91 Å². The van der Waals surface area contributed by atoms with Crippen molar-refractivity contribution in [2.75, 3.05) is 19.6 Å². The molecule has 1 aliphatic rings. The minimum Gasteiger partial charge on any atom is -0.337 e. The lowest BCUT2D eigenvalue weighted by atomic mass is 10.1. The molecule has 2 rings (SSSR count). The number of hydrogen-bond acceptors (Lipinski definition) is 2. The summed E-state index contributed by atoms with van der Waals surface area (Å²) in [5, 5.41) is 3.90. The molecule has 0 atom stereocenters. The molecule has 1 N–H and O–H groups in total.